The highest BCUT2D eigenvalue weighted by molar-refractivity contribution is 5.80. The Morgan fingerprint density at radius 2 is 1.11 bits per heavy atom. The van der Waals surface area contributed by atoms with Crippen molar-refractivity contribution in [2.24, 2.45) is 0 Å². The molecule has 1 heteroatoms. The lowest BCUT2D eigenvalue weighted by Crippen LogP contribution is -2.31. The Morgan fingerprint density at radius 3 is 1.64 bits per heavy atom. The van der Waals surface area contributed by atoms with Crippen LogP contribution in [0.4, 0.5) is 17.1 Å². The molecular formula is C43H51N. The van der Waals surface area contributed by atoms with Crippen molar-refractivity contribution >= 4 is 22.6 Å². The minimum atomic E-state index is -0.109. The molecule has 1 nitrogen and oxygen atoms in total. The van der Waals surface area contributed by atoms with Crippen LogP contribution in [-0.2, 0) is 28.1 Å². The molecule has 0 aromatic heterocycles. The van der Waals surface area contributed by atoms with Crippen molar-refractivity contribution in [2.75, 3.05) is 4.90 Å². The fourth-order valence-electron chi connectivity index (χ4n) is 7.49. The van der Waals surface area contributed by atoms with Crippen LogP contribution in [0.1, 0.15) is 127 Å². The molecule has 0 atom stereocenters. The molecule has 2 bridgehead atoms. The standard InChI is InChI=1S/C43H51N/c1-28-23-24-42(8,9)38-25-33(26-39-36(38)27-35-34(28)13-12-14-37(35)43(39,10)11)44(31-19-15-29(16-20-31)40(2,3)4)32-21-17-30(18-22-32)41(5,6)7/h12-23,25-26H,24,27H2,1-11H3. The molecule has 2 aliphatic rings. The fourth-order valence-corrected chi connectivity index (χ4v) is 7.49. The summed E-state index contributed by atoms with van der Waals surface area (Å²) >= 11 is 0. The van der Waals surface area contributed by atoms with Crippen LogP contribution in [0.25, 0.3) is 5.57 Å². The van der Waals surface area contributed by atoms with Crippen molar-refractivity contribution in [1.82, 2.24) is 0 Å². The second-order valence-electron chi connectivity index (χ2n) is 16.6. The van der Waals surface area contributed by atoms with Gasteiger partial charge in [-0.05, 0) is 122 Å². The van der Waals surface area contributed by atoms with Crippen LogP contribution in [-0.4, -0.2) is 0 Å². The Kier molecular flexibility index (Phi) is 7.08. The van der Waals surface area contributed by atoms with Crippen molar-refractivity contribution < 1.29 is 0 Å². The summed E-state index contributed by atoms with van der Waals surface area (Å²) in [5.74, 6) is 0. The number of allylic oxidation sites excluding steroid dienone is 2. The molecule has 0 unspecified atom stereocenters. The van der Waals surface area contributed by atoms with Crippen LogP contribution in [0.3, 0.4) is 0 Å². The third-order valence-electron chi connectivity index (χ3n) is 10.4. The van der Waals surface area contributed by atoms with E-state index in [1.807, 2.05) is 0 Å². The molecule has 0 amide bonds. The second kappa shape index (κ2) is 10.2. The summed E-state index contributed by atoms with van der Waals surface area (Å²) in [4.78, 5) is 2.49. The van der Waals surface area contributed by atoms with Crippen molar-refractivity contribution in [3.05, 3.63) is 129 Å². The van der Waals surface area contributed by atoms with Gasteiger partial charge in [0.05, 0.1) is 0 Å². The Morgan fingerprint density at radius 1 is 0.591 bits per heavy atom. The highest BCUT2D eigenvalue weighted by atomic mass is 15.1. The number of benzene rings is 4. The van der Waals surface area contributed by atoms with E-state index in [-0.39, 0.29) is 21.7 Å². The van der Waals surface area contributed by atoms with E-state index >= 15 is 0 Å². The molecule has 0 spiro atoms. The molecule has 0 N–H and O–H groups in total. The maximum absolute atomic E-state index is 2.52. The number of hydrogen-bond donors (Lipinski definition) is 0. The first-order valence-corrected chi connectivity index (χ1v) is 16.5. The number of rotatable bonds is 3. The zero-order valence-corrected chi connectivity index (χ0v) is 28.9. The van der Waals surface area contributed by atoms with Gasteiger partial charge in [-0.1, -0.05) is 118 Å². The lowest BCUT2D eigenvalue weighted by Gasteiger charge is -2.40. The Bertz CT molecular complexity index is 1690. The topological polar surface area (TPSA) is 3.24 Å². The Balaban J connectivity index is 1.62. The first kappa shape index (κ1) is 30.4. The largest absolute Gasteiger partial charge is 0.310 e. The van der Waals surface area contributed by atoms with E-state index in [2.05, 4.69) is 166 Å². The zero-order valence-electron chi connectivity index (χ0n) is 28.9. The van der Waals surface area contributed by atoms with Crippen LogP contribution < -0.4 is 4.90 Å². The molecule has 0 heterocycles. The van der Waals surface area contributed by atoms with E-state index in [1.165, 1.54) is 67.1 Å². The normalized spacial score (nSPS) is 16.8. The van der Waals surface area contributed by atoms with Crippen LogP contribution in [0.2, 0.25) is 0 Å². The predicted octanol–water partition coefficient (Wildman–Crippen LogP) is 12.1. The minimum absolute atomic E-state index is 0.00513. The third kappa shape index (κ3) is 5.13. The SMILES string of the molecule is CC1=CCC(C)(C)c2cc(N(c3ccc(C(C)(C)C)cc3)c3ccc(C(C)(C)C)cc3)cc3c2Cc2c1cccc2C3(C)C. The van der Waals surface area contributed by atoms with E-state index in [1.54, 1.807) is 0 Å². The Hall–Kier alpha value is -3.58. The Labute approximate surface area is 267 Å². The van der Waals surface area contributed by atoms with Gasteiger partial charge in [0.25, 0.3) is 0 Å². The fraction of sp³-hybridized carbons (Fsp3) is 0.395. The molecule has 0 aliphatic heterocycles. The third-order valence-corrected chi connectivity index (χ3v) is 10.4. The molecule has 6 rings (SSSR count). The van der Waals surface area contributed by atoms with Crippen LogP contribution in [0, 0.1) is 0 Å². The number of hydrogen-bond acceptors (Lipinski definition) is 1. The highest BCUT2D eigenvalue weighted by Gasteiger charge is 2.39. The molecule has 228 valence electrons. The van der Waals surface area contributed by atoms with Gasteiger partial charge in [-0.25, -0.2) is 0 Å². The molecule has 0 fully saturated rings. The van der Waals surface area contributed by atoms with Gasteiger partial charge in [0.15, 0.2) is 0 Å². The van der Waals surface area contributed by atoms with Gasteiger partial charge in [-0.2, -0.15) is 0 Å². The van der Waals surface area contributed by atoms with E-state index in [0.717, 1.165) is 12.8 Å². The van der Waals surface area contributed by atoms with Crippen LogP contribution in [0.5, 0.6) is 0 Å². The maximum atomic E-state index is 2.52. The van der Waals surface area contributed by atoms with Crippen molar-refractivity contribution in [3.8, 4) is 0 Å². The molecule has 44 heavy (non-hydrogen) atoms. The van der Waals surface area contributed by atoms with Gasteiger partial charge in [-0.3, -0.25) is 0 Å². The minimum Gasteiger partial charge on any atom is -0.310 e. The van der Waals surface area contributed by atoms with Crippen molar-refractivity contribution in [3.63, 3.8) is 0 Å². The molecule has 4 aromatic rings. The first-order valence-electron chi connectivity index (χ1n) is 16.5. The molecule has 0 saturated carbocycles. The maximum Gasteiger partial charge on any atom is 0.0467 e. The smallest absolute Gasteiger partial charge is 0.0467 e. The van der Waals surface area contributed by atoms with E-state index < -0.39 is 0 Å². The predicted molar refractivity (Wildman–Crippen MR) is 191 cm³/mol. The monoisotopic (exact) mass is 581 g/mol. The molecule has 2 aliphatic carbocycles. The van der Waals surface area contributed by atoms with E-state index in [0.29, 0.717) is 0 Å². The summed E-state index contributed by atoms with van der Waals surface area (Å²) in [5.41, 5.74) is 16.7. The lowest BCUT2D eigenvalue weighted by molar-refractivity contribution is 0.521. The molecule has 0 radical (unpaired) electrons. The van der Waals surface area contributed by atoms with E-state index in [9.17, 15) is 0 Å². The molecular weight excluding hydrogens is 530 g/mol. The van der Waals surface area contributed by atoms with Gasteiger partial charge < -0.3 is 4.90 Å². The van der Waals surface area contributed by atoms with Crippen LogP contribution in [0.15, 0.2) is 84.9 Å². The zero-order chi connectivity index (χ0) is 31.8. The average Bonchev–Trinajstić information content (AvgIpc) is 2.99. The summed E-state index contributed by atoms with van der Waals surface area (Å²) in [7, 11) is 0. The number of anilines is 3. The van der Waals surface area contributed by atoms with Gasteiger partial charge in [0.1, 0.15) is 0 Å². The van der Waals surface area contributed by atoms with E-state index in [4.69, 9.17) is 0 Å². The van der Waals surface area contributed by atoms with Gasteiger partial charge >= 0.3 is 0 Å². The van der Waals surface area contributed by atoms with Gasteiger partial charge in [0.2, 0.25) is 0 Å². The highest BCUT2D eigenvalue weighted by Crippen LogP contribution is 2.51. The quantitative estimate of drug-likeness (QED) is 0.233. The summed E-state index contributed by atoms with van der Waals surface area (Å²) in [6.07, 6.45) is 4.49. The summed E-state index contributed by atoms with van der Waals surface area (Å²) < 4.78 is 0. The summed E-state index contributed by atoms with van der Waals surface area (Å²) in [6, 6.07) is 30.5. The number of nitrogens with zero attached hydrogens (tertiary/aromatic N) is 1. The van der Waals surface area contributed by atoms with Crippen LogP contribution >= 0.6 is 0 Å². The molecule has 0 saturated heterocycles. The molecule has 4 aromatic carbocycles. The summed E-state index contributed by atoms with van der Waals surface area (Å²) in [5, 5.41) is 0. The van der Waals surface area contributed by atoms with Gasteiger partial charge in [0, 0.05) is 22.5 Å². The lowest BCUT2D eigenvalue weighted by atomic mass is 9.65. The van der Waals surface area contributed by atoms with Gasteiger partial charge in [-0.15, -0.1) is 0 Å². The average molecular weight is 582 g/mol. The summed E-state index contributed by atoms with van der Waals surface area (Å²) in [6.45, 7) is 25.8. The van der Waals surface area contributed by atoms with Crippen molar-refractivity contribution in [1.29, 1.82) is 0 Å². The van der Waals surface area contributed by atoms with Crippen molar-refractivity contribution in [2.45, 2.75) is 111 Å². The second-order valence-corrected chi connectivity index (χ2v) is 16.6. The first-order chi connectivity index (χ1) is 20.5.